The first kappa shape index (κ1) is 49.6. The van der Waals surface area contributed by atoms with E-state index in [4.69, 9.17) is 20.3 Å². The summed E-state index contributed by atoms with van der Waals surface area (Å²) in [5.74, 6) is -0.595. The summed E-state index contributed by atoms with van der Waals surface area (Å²) in [6, 6.07) is 32.4. The fraction of sp³-hybridized carbons (Fsp3) is 0.0889. The van der Waals surface area contributed by atoms with Gasteiger partial charge in [0.05, 0.1) is 39.1 Å². The molecule has 20 heteroatoms. The second-order valence-corrected chi connectivity index (χ2v) is 14.3. The van der Waals surface area contributed by atoms with E-state index in [1.165, 1.54) is 42.7 Å². The number of rotatable bonds is 8. The van der Waals surface area contributed by atoms with Crippen molar-refractivity contribution in [2.75, 3.05) is 5.73 Å². The van der Waals surface area contributed by atoms with E-state index in [0.717, 1.165) is 24.3 Å². The normalized spacial score (nSPS) is 10.9. The van der Waals surface area contributed by atoms with E-state index in [9.17, 15) is 40.8 Å². The van der Waals surface area contributed by atoms with Crippen LogP contribution in [0.4, 0.5) is 32.0 Å². The number of pyridine rings is 4. The first-order chi connectivity index (χ1) is 30.0. The van der Waals surface area contributed by atoms with Crippen LogP contribution in [0.3, 0.4) is 0 Å². The predicted molar refractivity (Wildman–Crippen MR) is 236 cm³/mol. The van der Waals surface area contributed by atoms with Crippen LogP contribution in [0.1, 0.15) is 36.3 Å². The number of carbonyl (C=O) groups is 1. The van der Waals surface area contributed by atoms with Gasteiger partial charge in [-0.25, -0.2) is 19.3 Å². The van der Waals surface area contributed by atoms with E-state index in [1.807, 2.05) is 0 Å². The van der Waals surface area contributed by atoms with Crippen molar-refractivity contribution < 1.29 is 49.9 Å². The van der Waals surface area contributed by atoms with Gasteiger partial charge in [-0.1, -0.05) is 75.5 Å². The van der Waals surface area contributed by atoms with Gasteiger partial charge in [0.1, 0.15) is 11.5 Å². The van der Waals surface area contributed by atoms with Crippen LogP contribution in [0, 0.1) is 0 Å². The highest BCUT2D eigenvalue weighted by atomic mass is 31.2. The number of para-hydroxylation sites is 2. The molecule has 0 aliphatic rings. The molecule has 4 aromatic heterocycles. The molecular formula is C45H37F6N8O5P. The van der Waals surface area contributed by atoms with Gasteiger partial charge in [-0.3, -0.25) is 9.97 Å². The van der Waals surface area contributed by atoms with Gasteiger partial charge in [0.15, 0.2) is 0 Å². The molecule has 0 bridgehead atoms. The Kier molecular flexibility index (Phi) is 16.3. The van der Waals surface area contributed by atoms with Gasteiger partial charge in [0.25, 0.3) is 0 Å². The zero-order valence-corrected chi connectivity index (χ0v) is 32.9. The number of nitrogens with two attached hydrogens (primary N) is 1. The predicted octanol–water partition coefficient (Wildman–Crippen LogP) is 13.7. The lowest BCUT2D eigenvalue weighted by Gasteiger charge is -2.14. The molecule has 8 rings (SSSR count). The lowest BCUT2D eigenvalue weighted by Crippen LogP contribution is -2.05. The molecule has 0 saturated carbocycles. The molecule has 0 spiro atoms. The Hall–Kier alpha value is -8.01. The third-order valence-electron chi connectivity index (χ3n) is 8.53. The number of azide groups is 1. The van der Waals surface area contributed by atoms with E-state index >= 15 is 0 Å². The summed E-state index contributed by atoms with van der Waals surface area (Å²) < 4.78 is 99.4. The van der Waals surface area contributed by atoms with Gasteiger partial charge < -0.3 is 19.9 Å². The zero-order valence-electron chi connectivity index (χ0n) is 32.0. The Morgan fingerprint density at radius 3 is 1.54 bits per heavy atom. The van der Waals surface area contributed by atoms with Crippen molar-refractivity contribution >= 4 is 41.2 Å². The topological polar surface area (TPSA) is 199 Å². The van der Waals surface area contributed by atoms with Crippen LogP contribution in [-0.4, -0.2) is 31.0 Å². The minimum atomic E-state index is -4.48. The Balaban J connectivity index is 0.000000211. The molecule has 0 atom stereocenters. The van der Waals surface area contributed by atoms with Gasteiger partial charge >= 0.3 is 26.1 Å². The smallest absolute Gasteiger partial charge is 0.478 e. The van der Waals surface area contributed by atoms with Crippen molar-refractivity contribution in [2.24, 2.45) is 4.88 Å². The van der Waals surface area contributed by atoms with Crippen LogP contribution in [-0.2, 0) is 16.9 Å². The number of aromatic nitrogens is 4. The minimum Gasteiger partial charge on any atom is -0.478 e. The molecule has 0 aliphatic heterocycles. The van der Waals surface area contributed by atoms with Gasteiger partial charge in [0, 0.05) is 62.2 Å². The lowest BCUT2D eigenvalue weighted by atomic mass is 10.0. The summed E-state index contributed by atoms with van der Waals surface area (Å²) in [5, 5.41) is 10.3. The minimum absolute atomic E-state index is 0. The number of aromatic carboxylic acids is 1. The summed E-state index contributed by atoms with van der Waals surface area (Å²) in [5.41, 5.74) is 15.3. The summed E-state index contributed by atoms with van der Waals surface area (Å²) in [6.45, 7) is 0. The van der Waals surface area contributed by atoms with Crippen molar-refractivity contribution in [3.63, 3.8) is 0 Å². The van der Waals surface area contributed by atoms with E-state index in [2.05, 4.69) is 29.7 Å². The molecule has 0 saturated heterocycles. The van der Waals surface area contributed by atoms with Gasteiger partial charge in [-0.15, -0.1) is 0 Å². The van der Waals surface area contributed by atoms with Crippen LogP contribution in [0.5, 0.6) is 11.5 Å². The van der Waals surface area contributed by atoms with Gasteiger partial charge in [-0.2, -0.15) is 26.3 Å². The van der Waals surface area contributed by atoms with Gasteiger partial charge in [-0.05, 0) is 78.3 Å². The Labute approximate surface area is 367 Å². The molecule has 334 valence electrons. The molecule has 8 aromatic rings. The number of nitrogens with zero attached hydrogens (tertiary/aromatic N) is 7. The Morgan fingerprint density at radius 1 is 0.646 bits per heavy atom. The average Bonchev–Trinajstić information content (AvgIpc) is 3.26. The number of carboxylic acids is 1. The number of anilines is 1. The Bertz CT molecular complexity index is 2950. The number of alkyl halides is 6. The third-order valence-corrected chi connectivity index (χ3v) is 9.71. The number of benzene rings is 4. The molecule has 0 unspecified atom stereocenters. The molecule has 0 fully saturated rings. The number of halogens is 6. The van der Waals surface area contributed by atoms with Crippen LogP contribution >= 0.6 is 7.75 Å². The number of hydrogen-bond acceptors (Lipinski definition) is 9. The zero-order chi connectivity index (χ0) is 45.2. The maximum Gasteiger partial charge on any atom is 0.525 e. The Morgan fingerprint density at radius 2 is 1.09 bits per heavy atom. The maximum atomic E-state index is 12.8. The standard InChI is InChI=1S/C16H9F3N2O2.C15H10F3N3.C12H10N3O3P.2CH4/c17-16(18,19)10-3-1-2-9(6-10)14-7-11(15(22)23)12-8-20-5-4-13(12)21-14;16-15(17,18)10-3-1-2-9(6-10)14-7-12(19)11-8-20-5-4-13(11)21-14;13-14-15-19(16,17-11-7-3-1-4-8-11)18-12-9-5-2-6-10-12;;/h1-8H,(H,22,23);1-8H,(H2,19,21);1-10H;2*1H4. The fourth-order valence-electron chi connectivity index (χ4n) is 5.68. The summed E-state index contributed by atoms with van der Waals surface area (Å²) in [6.07, 6.45) is -2.93. The van der Waals surface area contributed by atoms with Crippen LogP contribution in [0.2, 0.25) is 0 Å². The largest absolute Gasteiger partial charge is 0.525 e. The molecule has 0 radical (unpaired) electrons. The highest BCUT2D eigenvalue weighted by Crippen LogP contribution is 2.50. The molecule has 0 aliphatic carbocycles. The molecule has 4 heterocycles. The molecular weight excluding hydrogens is 878 g/mol. The third kappa shape index (κ3) is 13.0. The molecule has 13 nitrogen and oxygen atoms in total. The molecule has 65 heavy (non-hydrogen) atoms. The highest BCUT2D eigenvalue weighted by molar-refractivity contribution is 7.53. The van der Waals surface area contributed by atoms with E-state index in [0.29, 0.717) is 50.2 Å². The monoisotopic (exact) mass is 914 g/mol. The van der Waals surface area contributed by atoms with Crippen LogP contribution in [0.15, 0.2) is 163 Å². The number of fused-ring (bicyclic) bond motifs is 2. The molecule has 3 N–H and O–H groups in total. The highest BCUT2D eigenvalue weighted by Gasteiger charge is 2.32. The van der Waals surface area contributed by atoms with E-state index in [-0.39, 0.29) is 31.7 Å². The number of nitrogen functional groups attached to an aromatic ring is 1. The average molecular weight is 915 g/mol. The van der Waals surface area contributed by atoms with E-state index < -0.39 is 37.2 Å². The quantitative estimate of drug-likeness (QED) is 0.0486. The number of hydrogen-bond donors (Lipinski definition) is 2. The molecule has 4 aromatic carbocycles. The van der Waals surface area contributed by atoms with Crippen molar-refractivity contribution in [1.82, 2.24) is 19.9 Å². The van der Waals surface area contributed by atoms with Crippen LogP contribution < -0.4 is 14.8 Å². The maximum absolute atomic E-state index is 12.8. The fourth-order valence-corrected chi connectivity index (χ4v) is 6.66. The summed E-state index contributed by atoms with van der Waals surface area (Å²) >= 11 is 0. The second-order valence-electron chi connectivity index (χ2n) is 12.9. The lowest BCUT2D eigenvalue weighted by molar-refractivity contribution is -0.138. The molecule has 0 amide bonds. The van der Waals surface area contributed by atoms with E-state index in [1.54, 1.807) is 91.3 Å². The van der Waals surface area contributed by atoms with Crippen molar-refractivity contribution in [3.05, 3.63) is 185 Å². The number of carboxylic acid groups (broad SMARTS) is 1. The van der Waals surface area contributed by atoms with Crippen LogP contribution in [0.25, 0.3) is 54.8 Å². The van der Waals surface area contributed by atoms with Gasteiger partial charge in [0.2, 0.25) is 0 Å². The summed E-state index contributed by atoms with van der Waals surface area (Å²) in [4.78, 5) is 33.4. The first-order valence-corrected chi connectivity index (χ1v) is 19.5. The summed E-state index contributed by atoms with van der Waals surface area (Å²) in [7, 11) is -3.95. The van der Waals surface area contributed by atoms with Crippen molar-refractivity contribution in [2.45, 2.75) is 27.2 Å². The SMILES string of the molecule is C.C.Nc1cc(-c2cccc(C(F)(F)F)c2)nc2ccncc12.O=C(O)c1cc(-c2cccc(C(F)(F)F)c2)nc2ccncc12.[N-]=[N+]=NP(=O)(Oc1ccccc1)Oc1ccccc1. The second kappa shape index (κ2) is 21.4. The van der Waals surface area contributed by atoms with Crippen molar-refractivity contribution in [1.29, 1.82) is 0 Å². The van der Waals surface area contributed by atoms with Crippen molar-refractivity contribution in [3.8, 4) is 34.0 Å². The first-order valence-electron chi connectivity index (χ1n) is 18.0.